The number of carboxylic acid groups (broad SMARTS) is 1. The number of aliphatic carboxylic acids is 1. The Morgan fingerprint density at radius 3 is 2.80 bits per heavy atom. The fraction of sp³-hybridized carbons (Fsp3) is 0.600. The van der Waals surface area contributed by atoms with Gasteiger partial charge in [0.15, 0.2) is 0 Å². The lowest BCUT2D eigenvalue weighted by atomic mass is 10.00. The van der Waals surface area contributed by atoms with Gasteiger partial charge in [-0.25, -0.2) is 0 Å². The summed E-state index contributed by atoms with van der Waals surface area (Å²) in [7, 11) is 0. The van der Waals surface area contributed by atoms with Crippen molar-refractivity contribution in [2.75, 3.05) is 18.2 Å². The second kappa shape index (κ2) is 5.80. The van der Waals surface area contributed by atoms with Crippen LogP contribution < -0.4 is 0 Å². The predicted molar refractivity (Wildman–Crippen MR) is 59.6 cm³/mol. The molecule has 1 aliphatic rings. The lowest BCUT2D eigenvalue weighted by Gasteiger charge is -2.20. The summed E-state index contributed by atoms with van der Waals surface area (Å²) in [5, 5.41) is 8.69. The first-order valence-corrected chi connectivity index (χ1v) is 6.00. The molecule has 1 heterocycles. The number of hydrogen-bond acceptors (Lipinski definition) is 3. The van der Waals surface area contributed by atoms with Crippen LogP contribution in [0.2, 0.25) is 0 Å². The van der Waals surface area contributed by atoms with Gasteiger partial charge in [-0.05, 0) is 6.42 Å². The number of rotatable bonds is 5. The van der Waals surface area contributed by atoms with Crippen molar-refractivity contribution in [1.29, 1.82) is 0 Å². The summed E-state index contributed by atoms with van der Waals surface area (Å²) in [6, 6.07) is 0. The average molecular weight is 229 g/mol. The zero-order valence-electron chi connectivity index (χ0n) is 8.52. The number of amides is 1. The molecule has 0 aromatic heterocycles. The first kappa shape index (κ1) is 12.1. The van der Waals surface area contributed by atoms with E-state index in [1.807, 2.05) is 0 Å². The average Bonchev–Trinajstić information content (AvgIpc) is 2.68. The standard InChI is InChI=1S/C10H15NO3S/c1-2-3-8(6-9(12)13)10(14)11-4-5-15-7-11/h2,8H,1,3-7H2,(H,12,13). The van der Waals surface area contributed by atoms with Crippen molar-refractivity contribution >= 4 is 23.6 Å². The molecule has 1 atom stereocenters. The van der Waals surface area contributed by atoms with Crippen LogP contribution in [0.4, 0.5) is 0 Å². The Morgan fingerprint density at radius 1 is 1.60 bits per heavy atom. The first-order chi connectivity index (χ1) is 7.15. The number of nitrogens with zero attached hydrogens (tertiary/aromatic N) is 1. The van der Waals surface area contributed by atoms with E-state index in [-0.39, 0.29) is 12.3 Å². The van der Waals surface area contributed by atoms with Gasteiger partial charge in [0, 0.05) is 12.3 Å². The lowest BCUT2D eigenvalue weighted by Crippen LogP contribution is -2.34. The Kier molecular flexibility index (Phi) is 4.68. The van der Waals surface area contributed by atoms with E-state index < -0.39 is 11.9 Å². The van der Waals surface area contributed by atoms with Gasteiger partial charge in [0.1, 0.15) is 0 Å². The molecule has 4 nitrogen and oxygen atoms in total. The molecule has 1 fully saturated rings. The number of hydrogen-bond donors (Lipinski definition) is 1. The summed E-state index contributed by atoms with van der Waals surface area (Å²) >= 11 is 1.70. The number of carbonyl (C=O) groups is 2. The summed E-state index contributed by atoms with van der Waals surface area (Å²) in [6.07, 6.45) is 1.94. The van der Waals surface area contributed by atoms with Gasteiger partial charge in [-0.2, -0.15) is 0 Å². The first-order valence-electron chi connectivity index (χ1n) is 4.84. The molecule has 0 aliphatic carbocycles. The van der Waals surface area contributed by atoms with Crippen molar-refractivity contribution in [3.8, 4) is 0 Å². The lowest BCUT2D eigenvalue weighted by molar-refractivity contribution is -0.143. The summed E-state index contributed by atoms with van der Waals surface area (Å²) in [5.74, 6) is 0.203. The topological polar surface area (TPSA) is 57.6 Å². The molecule has 1 saturated heterocycles. The van der Waals surface area contributed by atoms with Crippen LogP contribution in [0.5, 0.6) is 0 Å². The van der Waals surface area contributed by atoms with Gasteiger partial charge in [0.05, 0.1) is 18.2 Å². The van der Waals surface area contributed by atoms with E-state index in [1.54, 1.807) is 22.7 Å². The summed E-state index contributed by atoms with van der Waals surface area (Å²) < 4.78 is 0. The van der Waals surface area contributed by atoms with E-state index in [1.165, 1.54) is 0 Å². The van der Waals surface area contributed by atoms with Crippen LogP contribution >= 0.6 is 11.8 Å². The van der Waals surface area contributed by atoms with E-state index in [0.29, 0.717) is 12.3 Å². The van der Waals surface area contributed by atoms with Crippen LogP contribution in [-0.4, -0.2) is 40.1 Å². The third-order valence-electron chi connectivity index (χ3n) is 2.29. The highest BCUT2D eigenvalue weighted by molar-refractivity contribution is 7.99. The van der Waals surface area contributed by atoms with E-state index in [0.717, 1.165) is 12.3 Å². The van der Waals surface area contributed by atoms with Crippen LogP contribution in [0.1, 0.15) is 12.8 Å². The normalized spacial score (nSPS) is 17.5. The van der Waals surface area contributed by atoms with E-state index in [2.05, 4.69) is 6.58 Å². The molecule has 0 aromatic carbocycles. The summed E-state index contributed by atoms with van der Waals surface area (Å²) in [4.78, 5) is 24.2. The van der Waals surface area contributed by atoms with E-state index >= 15 is 0 Å². The van der Waals surface area contributed by atoms with Gasteiger partial charge in [-0.3, -0.25) is 9.59 Å². The fourth-order valence-electron chi connectivity index (χ4n) is 1.53. The molecule has 15 heavy (non-hydrogen) atoms. The Balaban J connectivity index is 2.56. The molecule has 1 unspecified atom stereocenters. The Labute approximate surface area is 93.3 Å². The Hall–Kier alpha value is -0.970. The van der Waals surface area contributed by atoms with Crippen LogP contribution in [0.15, 0.2) is 12.7 Å². The second-order valence-electron chi connectivity index (χ2n) is 3.46. The van der Waals surface area contributed by atoms with Gasteiger partial charge in [-0.15, -0.1) is 18.3 Å². The Bertz CT molecular complexity index is 261. The van der Waals surface area contributed by atoms with Gasteiger partial charge < -0.3 is 10.0 Å². The molecule has 1 aliphatic heterocycles. The molecule has 0 saturated carbocycles. The molecule has 0 aromatic rings. The maximum absolute atomic E-state index is 11.9. The SMILES string of the molecule is C=CCC(CC(=O)O)C(=O)N1CCSC1. The number of carbonyl (C=O) groups excluding carboxylic acids is 1. The van der Waals surface area contributed by atoms with E-state index in [4.69, 9.17) is 5.11 Å². The Morgan fingerprint density at radius 2 is 2.33 bits per heavy atom. The highest BCUT2D eigenvalue weighted by atomic mass is 32.2. The van der Waals surface area contributed by atoms with Crippen molar-refractivity contribution in [2.45, 2.75) is 12.8 Å². The van der Waals surface area contributed by atoms with Gasteiger partial charge >= 0.3 is 5.97 Å². The minimum atomic E-state index is -0.929. The predicted octanol–water partition coefficient (Wildman–Crippen LogP) is 1.19. The zero-order chi connectivity index (χ0) is 11.3. The van der Waals surface area contributed by atoms with Crippen LogP contribution in [-0.2, 0) is 9.59 Å². The monoisotopic (exact) mass is 229 g/mol. The van der Waals surface area contributed by atoms with Crippen LogP contribution in [0.3, 0.4) is 0 Å². The maximum Gasteiger partial charge on any atom is 0.304 e. The maximum atomic E-state index is 11.9. The quantitative estimate of drug-likeness (QED) is 0.719. The van der Waals surface area contributed by atoms with E-state index in [9.17, 15) is 9.59 Å². The molecule has 0 spiro atoms. The van der Waals surface area contributed by atoms with Crippen molar-refractivity contribution < 1.29 is 14.7 Å². The second-order valence-corrected chi connectivity index (χ2v) is 4.53. The van der Waals surface area contributed by atoms with Crippen LogP contribution in [0, 0.1) is 5.92 Å². The minimum absolute atomic E-state index is 0.0534. The molecule has 0 bridgehead atoms. The van der Waals surface area contributed by atoms with Crippen molar-refractivity contribution in [2.24, 2.45) is 5.92 Å². The third-order valence-corrected chi connectivity index (χ3v) is 3.25. The summed E-state index contributed by atoms with van der Waals surface area (Å²) in [6.45, 7) is 4.28. The molecule has 1 amide bonds. The minimum Gasteiger partial charge on any atom is -0.481 e. The zero-order valence-corrected chi connectivity index (χ0v) is 9.33. The smallest absolute Gasteiger partial charge is 0.304 e. The molecule has 0 radical (unpaired) electrons. The number of carboxylic acids is 1. The summed E-state index contributed by atoms with van der Waals surface area (Å²) in [5.41, 5.74) is 0. The fourth-order valence-corrected chi connectivity index (χ4v) is 2.48. The van der Waals surface area contributed by atoms with Crippen molar-refractivity contribution in [1.82, 2.24) is 4.90 Å². The number of allylic oxidation sites excluding steroid dienone is 1. The van der Waals surface area contributed by atoms with Crippen molar-refractivity contribution in [3.05, 3.63) is 12.7 Å². The van der Waals surface area contributed by atoms with Crippen LogP contribution in [0.25, 0.3) is 0 Å². The van der Waals surface area contributed by atoms with Crippen molar-refractivity contribution in [3.63, 3.8) is 0 Å². The van der Waals surface area contributed by atoms with Gasteiger partial charge in [-0.1, -0.05) is 6.08 Å². The molecule has 84 valence electrons. The molecular formula is C10H15NO3S. The highest BCUT2D eigenvalue weighted by Crippen LogP contribution is 2.20. The van der Waals surface area contributed by atoms with Gasteiger partial charge in [0.25, 0.3) is 0 Å². The van der Waals surface area contributed by atoms with Gasteiger partial charge in [0.2, 0.25) is 5.91 Å². The molecule has 5 heteroatoms. The highest BCUT2D eigenvalue weighted by Gasteiger charge is 2.27. The largest absolute Gasteiger partial charge is 0.481 e. The number of thioether (sulfide) groups is 1. The molecular weight excluding hydrogens is 214 g/mol. The molecule has 1 rings (SSSR count). The molecule has 1 N–H and O–H groups in total. The third kappa shape index (κ3) is 3.58.